The fraction of sp³-hybridized carbons (Fsp3) is 0.733. The molecule has 0 aliphatic heterocycles. The molecule has 0 spiro atoms. The first-order chi connectivity index (χ1) is 30.8. The number of halogens is 11. The number of alkyl halides is 9. The van der Waals surface area contributed by atoms with Crippen molar-refractivity contribution in [1.82, 2.24) is 5.32 Å². The topological polar surface area (TPSA) is 67.4 Å². The lowest BCUT2D eigenvalue weighted by molar-refractivity contribution is -0.457. The van der Waals surface area contributed by atoms with Crippen LogP contribution in [0.1, 0.15) is 87.3 Å². The van der Waals surface area contributed by atoms with E-state index in [1.54, 1.807) is 41.9 Å². The first-order valence-corrected chi connectivity index (χ1v) is 24.5. The SMILES string of the molecule is COCC(CCCOCCSSCCCNCc1c(F)cc(Oc2ccc3c(c2)CCC2C3CCC3(C)C(OCCCOC(C(F)(F)F)(C(F)(F)F)C(F)(F)F)CCC23)cc1F)COC. The summed E-state index contributed by atoms with van der Waals surface area (Å²) in [6, 6.07) is 8.01. The zero-order valence-electron chi connectivity index (χ0n) is 36.8. The second kappa shape index (κ2) is 24.0. The van der Waals surface area contributed by atoms with E-state index in [0.29, 0.717) is 57.5 Å². The molecule has 0 heterocycles. The fourth-order valence-electron chi connectivity index (χ4n) is 9.97. The summed E-state index contributed by atoms with van der Waals surface area (Å²) in [5, 5.41) is 3.12. The van der Waals surface area contributed by atoms with E-state index in [9.17, 15) is 39.5 Å². The number of hydrogen-bond acceptors (Lipinski definition) is 9. The van der Waals surface area contributed by atoms with Gasteiger partial charge in [-0.05, 0) is 117 Å². The summed E-state index contributed by atoms with van der Waals surface area (Å²) in [6.45, 7) is 3.58. The second-order valence-corrected chi connectivity index (χ2v) is 20.0. The first-order valence-electron chi connectivity index (χ1n) is 22.0. The molecule has 0 saturated heterocycles. The van der Waals surface area contributed by atoms with E-state index in [0.717, 1.165) is 67.6 Å². The van der Waals surface area contributed by atoms with Gasteiger partial charge in [-0.3, -0.25) is 0 Å². The Labute approximate surface area is 381 Å². The standard InChI is InChI=1S/C45H60F11NO6S2/c1-41-15-14-34-33-11-9-31(63-32-24-38(46)36(39(47)25-32)26-57-16-5-21-64-65-22-20-60-17-4-7-29(27-58-2)28-59-3)23-30(33)8-10-35(34)37(41)12-13-40(41)61-18-6-19-62-42(43(48,49)50,44(51,52)53)45(54,55)56/h9,11,23-25,29,34-35,37,40,57H,4-8,10,12-22,26-28H2,1-3H3. The van der Waals surface area contributed by atoms with E-state index < -0.39 is 48.8 Å². The summed E-state index contributed by atoms with van der Waals surface area (Å²) in [5.74, 6) is 1.85. The van der Waals surface area contributed by atoms with Crippen LogP contribution >= 0.6 is 21.6 Å². The molecule has 5 rings (SSSR count). The molecule has 2 fully saturated rings. The average Bonchev–Trinajstić information content (AvgIpc) is 3.56. The number of ether oxygens (including phenoxy) is 6. The van der Waals surface area contributed by atoms with Crippen LogP contribution in [-0.2, 0) is 36.6 Å². The molecular weight excluding hydrogens is 924 g/mol. The highest BCUT2D eigenvalue weighted by atomic mass is 33.1. The van der Waals surface area contributed by atoms with Crippen molar-refractivity contribution in [2.45, 2.75) is 114 Å². The number of aryl methyl sites for hydroxylation is 1. The van der Waals surface area contributed by atoms with Gasteiger partial charge in [0, 0.05) is 69.1 Å². The molecule has 5 atom stereocenters. The van der Waals surface area contributed by atoms with Gasteiger partial charge < -0.3 is 33.7 Å². The van der Waals surface area contributed by atoms with Crippen molar-refractivity contribution in [1.29, 1.82) is 0 Å². The van der Waals surface area contributed by atoms with Crippen LogP contribution in [0.5, 0.6) is 11.5 Å². The third-order valence-corrected chi connectivity index (χ3v) is 15.5. The predicted octanol–water partition coefficient (Wildman–Crippen LogP) is 12.4. The Bertz CT molecular complexity index is 1720. The van der Waals surface area contributed by atoms with Crippen molar-refractivity contribution in [3.05, 3.63) is 58.7 Å². The quantitative estimate of drug-likeness (QED) is 0.0564. The number of fused-ring (bicyclic) bond motifs is 5. The minimum Gasteiger partial charge on any atom is -0.457 e. The monoisotopic (exact) mass is 983 g/mol. The Balaban J connectivity index is 1.02. The van der Waals surface area contributed by atoms with Gasteiger partial charge in [-0.2, -0.15) is 39.5 Å². The molecule has 0 amide bonds. The molecule has 2 aromatic carbocycles. The van der Waals surface area contributed by atoms with Gasteiger partial charge in [-0.15, -0.1) is 0 Å². The maximum Gasteiger partial charge on any atom is 0.435 e. The van der Waals surface area contributed by atoms with Gasteiger partial charge in [0.1, 0.15) is 23.1 Å². The molecule has 20 heteroatoms. The van der Waals surface area contributed by atoms with Crippen molar-refractivity contribution < 1.29 is 76.7 Å². The molecule has 1 N–H and O–H groups in total. The zero-order chi connectivity index (χ0) is 47.5. The van der Waals surface area contributed by atoms with Crippen LogP contribution < -0.4 is 10.1 Å². The van der Waals surface area contributed by atoms with E-state index in [1.165, 1.54) is 12.1 Å². The van der Waals surface area contributed by atoms with Crippen LogP contribution in [0.2, 0.25) is 0 Å². The lowest BCUT2D eigenvalue weighted by Gasteiger charge is -2.50. The van der Waals surface area contributed by atoms with Gasteiger partial charge in [-0.1, -0.05) is 34.6 Å². The first kappa shape index (κ1) is 53.9. The van der Waals surface area contributed by atoms with Crippen molar-refractivity contribution in [3.63, 3.8) is 0 Å². The number of hydrogen-bond donors (Lipinski definition) is 1. The van der Waals surface area contributed by atoms with E-state index in [4.69, 9.17) is 23.7 Å². The summed E-state index contributed by atoms with van der Waals surface area (Å²) >= 11 is 0. The summed E-state index contributed by atoms with van der Waals surface area (Å²) in [4.78, 5) is 0. The maximum absolute atomic E-state index is 15.1. The molecule has 65 heavy (non-hydrogen) atoms. The van der Waals surface area contributed by atoms with Crippen LogP contribution in [0.4, 0.5) is 48.3 Å². The van der Waals surface area contributed by atoms with Gasteiger partial charge in [-0.25, -0.2) is 8.78 Å². The minimum atomic E-state index is -6.77. The van der Waals surface area contributed by atoms with Crippen molar-refractivity contribution in [3.8, 4) is 11.5 Å². The van der Waals surface area contributed by atoms with E-state index >= 15 is 8.78 Å². The van der Waals surface area contributed by atoms with E-state index in [-0.39, 0.29) is 53.7 Å². The molecule has 0 bridgehead atoms. The van der Waals surface area contributed by atoms with Crippen LogP contribution in [0.25, 0.3) is 0 Å². The van der Waals surface area contributed by atoms with Crippen molar-refractivity contribution in [2.75, 3.05) is 71.9 Å². The Morgan fingerprint density at radius 2 is 1.43 bits per heavy atom. The fourth-order valence-corrected chi connectivity index (χ4v) is 11.9. The van der Waals surface area contributed by atoms with E-state index in [1.807, 2.05) is 12.1 Å². The van der Waals surface area contributed by atoms with Crippen LogP contribution in [-0.4, -0.2) is 102 Å². The molecule has 2 saturated carbocycles. The summed E-state index contributed by atoms with van der Waals surface area (Å²) in [7, 11) is 6.84. The number of nitrogens with one attached hydrogen (secondary N) is 1. The van der Waals surface area contributed by atoms with Gasteiger partial charge >= 0.3 is 24.1 Å². The third kappa shape index (κ3) is 13.4. The van der Waals surface area contributed by atoms with Crippen LogP contribution in [0, 0.1) is 34.8 Å². The normalized spacial score (nSPS) is 22.6. The summed E-state index contributed by atoms with van der Waals surface area (Å²) in [5.41, 5.74) is -4.49. The molecule has 7 nitrogen and oxygen atoms in total. The number of methoxy groups -OCH3 is 2. The van der Waals surface area contributed by atoms with Gasteiger partial charge in [0.05, 0.1) is 32.5 Å². The Kier molecular flexibility index (Phi) is 19.9. The molecule has 370 valence electrons. The highest BCUT2D eigenvalue weighted by Gasteiger charge is 2.85. The second-order valence-electron chi connectivity index (χ2n) is 17.3. The smallest absolute Gasteiger partial charge is 0.435 e. The lowest BCUT2D eigenvalue weighted by Crippen LogP contribution is -2.67. The lowest BCUT2D eigenvalue weighted by atomic mass is 9.55. The van der Waals surface area contributed by atoms with Gasteiger partial charge in [0.15, 0.2) is 0 Å². The van der Waals surface area contributed by atoms with Crippen molar-refractivity contribution in [2.24, 2.45) is 23.2 Å². The molecule has 0 aromatic heterocycles. The molecular formula is C45H60F11NO6S2. The van der Waals surface area contributed by atoms with Gasteiger partial charge in [0.2, 0.25) is 0 Å². The molecule has 3 aliphatic carbocycles. The molecule has 0 radical (unpaired) electrons. The van der Waals surface area contributed by atoms with Crippen molar-refractivity contribution >= 4 is 21.6 Å². The zero-order valence-corrected chi connectivity index (χ0v) is 38.5. The predicted molar refractivity (Wildman–Crippen MR) is 227 cm³/mol. The molecule has 2 aromatic rings. The molecule has 3 aliphatic rings. The van der Waals surface area contributed by atoms with Crippen LogP contribution in [0.15, 0.2) is 30.3 Å². The highest BCUT2D eigenvalue weighted by molar-refractivity contribution is 8.76. The molecule has 5 unspecified atom stereocenters. The van der Waals surface area contributed by atoms with E-state index in [2.05, 4.69) is 17.0 Å². The number of rotatable bonds is 26. The number of benzene rings is 2. The van der Waals surface area contributed by atoms with Gasteiger partial charge in [0.25, 0.3) is 0 Å². The largest absolute Gasteiger partial charge is 0.457 e. The summed E-state index contributed by atoms with van der Waals surface area (Å²) in [6.07, 6.45) is -14.1. The third-order valence-electron chi connectivity index (χ3n) is 13.1. The Hall–Kier alpha value is -2.07. The summed E-state index contributed by atoms with van der Waals surface area (Å²) < 4.78 is 181. The maximum atomic E-state index is 15.1. The highest BCUT2D eigenvalue weighted by Crippen LogP contribution is 2.62. The Morgan fingerprint density at radius 1 is 0.754 bits per heavy atom. The van der Waals surface area contributed by atoms with Crippen LogP contribution in [0.3, 0.4) is 0 Å². The average molecular weight is 984 g/mol. The Morgan fingerprint density at radius 3 is 2.09 bits per heavy atom. The minimum absolute atomic E-state index is 0.0329.